The molecule has 0 fully saturated rings. The Labute approximate surface area is 339 Å². The molecule has 0 aliphatic rings. The van der Waals surface area contributed by atoms with E-state index < -0.39 is 21.5 Å². The zero-order chi connectivity index (χ0) is 37.3. The van der Waals surface area contributed by atoms with Crippen molar-refractivity contribution in [2.75, 3.05) is 40.9 Å². The van der Waals surface area contributed by atoms with Crippen molar-refractivity contribution in [1.82, 2.24) is 0 Å². The van der Waals surface area contributed by atoms with Crippen molar-refractivity contribution in [2.24, 2.45) is 0 Å². The Morgan fingerprint density at radius 1 is 0.604 bits per heavy atom. The van der Waals surface area contributed by atoms with Crippen LogP contribution in [0.4, 0.5) is 17.1 Å². The zero-order valence-corrected chi connectivity index (χ0v) is 34.6. The number of anilines is 3. The minimum Gasteiger partial charge on any atom is -0.744 e. The first kappa shape index (κ1) is 42.1. The topological polar surface area (TPSA) is 116 Å². The second-order valence-corrected chi connectivity index (χ2v) is 14.4. The van der Waals surface area contributed by atoms with Crippen LogP contribution < -0.4 is 48.4 Å². The molecule has 5 rings (SSSR count). The van der Waals surface area contributed by atoms with Gasteiger partial charge < -0.3 is 28.0 Å². The van der Waals surface area contributed by atoms with Crippen LogP contribution in [0, 0.1) is 0 Å². The van der Waals surface area contributed by atoms with Gasteiger partial charge in [-0.3, -0.25) is 0 Å². The summed E-state index contributed by atoms with van der Waals surface area (Å²) in [5.74, 6) is 0.240. The number of hydrogen-bond donors (Lipinski definition) is 0. The van der Waals surface area contributed by atoms with Gasteiger partial charge in [0.05, 0.1) is 4.90 Å². The molecule has 0 aliphatic carbocycles. The van der Waals surface area contributed by atoms with Gasteiger partial charge in [-0.2, -0.15) is 0 Å². The summed E-state index contributed by atoms with van der Waals surface area (Å²) < 4.78 is 61.8. The summed E-state index contributed by atoms with van der Waals surface area (Å²) in [7, 11) is -4.54. The van der Waals surface area contributed by atoms with Crippen molar-refractivity contribution in [1.29, 1.82) is 0 Å². The molecule has 12 heteroatoms. The second-order valence-electron chi connectivity index (χ2n) is 12.4. The van der Waals surface area contributed by atoms with E-state index in [0.717, 1.165) is 53.3 Å². The third-order valence-electron chi connectivity index (χ3n) is 9.30. The average molecular weight is 763 g/mol. The van der Waals surface area contributed by atoms with Crippen LogP contribution in [0.15, 0.2) is 126 Å². The molecule has 274 valence electrons. The first-order valence-electron chi connectivity index (χ1n) is 17.5. The van der Waals surface area contributed by atoms with Gasteiger partial charge in [-0.15, -0.1) is 0 Å². The average Bonchev–Trinajstić information content (AvgIpc) is 3.14. The molecule has 5 aromatic rings. The van der Waals surface area contributed by atoms with Gasteiger partial charge in [-0.25, -0.2) is 12.6 Å². The minimum atomic E-state index is -4.54. The quantitative estimate of drug-likeness (QED) is 0.0568. The van der Waals surface area contributed by atoms with Gasteiger partial charge in [0.15, 0.2) is 0 Å². The van der Waals surface area contributed by atoms with Gasteiger partial charge in [-0.1, -0.05) is 60.7 Å². The van der Waals surface area contributed by atoms with E-state index in [9.17, 15) is 21.7 Å². The molecular weight excluding hydrogens is 718 g/mol. The number of rotatable bonds is 17. The largest absolute Gasteiger partial charge is 1.00 e. The summed E-state index contributed by atoms with van der Waals surface area (Å²) >= 11 is -2.63. The van der Waals surface area contributed by atoms with Crippen LogP contribution in [-0.2, 0) is 34.6 Å². The zero-order valence-electron chi connectivity index (χ0n) is 31.0. The third-order valence-corrected chi connectivity index (χ3v) is 10.5. The van der Waals surface area contributed by atoms with Crippen LogP contribution in [0.5, 0.6) is 5.75 Å². The molecule has 2 unspecified atom stereocenters. The van der Waals surface area contributed by atoms with Gasteiger partial charge in [0.1, 0.15) is 27.2 Å². The molecule has 9 nitrogen and oxygen atoms in total. The Hall–Kier alpha value is -3.68. The molecule has 0 saturated heterocycles. The minimum absolute atomic E-state index is 0. The van der Waals surface area contributed by atoms with Crippen molar-refractivity contribution in [3.05, 3.63) is 149 Å². The van der Waals surface area contributed by atoms with Crippen molar-refractivity contribution in [3.8, 4) is 5.75 Å². The molecular formula is C41H45N3NaO6S2-. The molecule has 5 aromatic carbocycles. The van der Waals surface area contributed by atoms with E-state index in [2.05, 4.69) is 108 Å². The van der Waals surface area contributed by atoms with E-state index in [-0.39, 0.29) is 46.1 Å². The molecule has 0 radical (unpaired) electrons. The maximum absolute atomic E-state index is 11.6. The van der Waals surface area contributed by atoms with E-state index in [4.69, 9.17) is 4.18 Å². The summed E-state index contributed by atoms with van der Waals surface area (Å²) in [4.78, 5) is 6.47. The number of benzene rings is 5. The van der Waals surface area contributed by atoms with E-state index in [1.54, 1.807) is 24.3 Å². The summed E-state index contributed by atoms with van der Waals surface area (Å²) in [6.07, 6.45) is 0. The van der Waals surface area contributed by atoms with Gasteiger partial charge >= 0.3 is 29.6 Å². The van der Waals surface area contributed by atoms with Crippen LogP contribution in [0.3, 0.4) is 0 Å². The molecule has 0 spiro atoms. The summed E-state index contributed by atoms with van der Waals surface area (Å²) in [5, 5.41) is 0. The molecule has 0 aromatic heterocycles. The molecule has 0 heterocycles. The molecule has 2 atom stereocenters. The Kier molecular flexibility index (Phi) is 15.5. The first-order valence-corrected chi connectivity index (χ1v) is 19.9. The van der Waals surface area contributed by atoms with Crippen LogP contribution >= 0.6 is 0 Å². The first-order chi connectivity index (χ1) is 25.0. The monoisotopic (exact) mass is 762 g/mol. The SMILES string of the molecule is CCN(CC)c1ccc(C(c2ccc(N(CC)Cc3cccc(OS(=O)[O-])c3)cc2)c2ccc(N(CC)Cc3cccc(S(=O)(=O)[O-])c3)cc2)cc1.[Na+]. The van der Waals surface area contributed by atoms with E-state index in [0.29, 0.717) is 19.6 Å². The maximum Gasteiger partial charge on any atom is 1.00 e. The van der Waals surface area contributed by atoms with Gasteiger partial charge in [0.25, 0.3) is 0 Å². The fourth-order valence-corrected chi connectivity index (χ4v) is 7.39. The van der Waals surface area contributed by atoms with Crippen LogP contribution in [0.2, 0.25) is 0 Å². The molecule has 0 aliphatic heterocycles. The molecule has 0 saturated carbocycles. The van der Waals surface area contributed by atoms with E-state index >= 15 is 0 Å². The summed E-state index contributed by atoms with van der Waals surface area (Å²) in [6, 6.07) is 39.2. The van der Waals surface area contributed by atoms with Crippen molar-refractivity contribution in [3.63, 3.8) is 0 Å². The van der Waals surface area contributed by atoms with Gasteiger partial charge in [0.2, 0.25) is 0 Å². The smallest absolute Gasteiger partial charge is 0.744 e. The number of nitrogens with zero attached hydrogens (tertiary/aromatic N) is 3. The Bertz CT molecular complexity index is 2040. The van der Waals surface area contributed by atoms with E-state index in [1.807, 2.05) is 19.1 Å². The van der Waals surface area contributed by atoms with E-state index in [1.165, 1.54) is 23.4 Å². The predicted octanol–water partition coefficient (Wildman–Crippen LogP) is 4.85. The normalized spacial score (nSPS) is 12.3. The molecule has 53 heavy (non-hydrogen) atoms. The second kappa shape index (κ2) is 19.6. The standard InChI is InChI=1S/C41H47N3O6S2.Na/c1-5-42(6-2)36-21-15-33(16-22-36)41(34-17-23-37(24-18-34)43(7-3)29-31-11-9-13-39(27-31)50-51(45)46)35-19-25-38(26-20-35)44(8-4)30-32-12-10-14-40(28-32)52(47,48)49;/h9-28,41H,5-8,29-30H2,1-4H3,(H,45,46)(H,47,48,49);/q;+1/p-2. The van der Waals surface area contributed by atoms with Crippen LogP contribution in [-0.4, -0.2) is 47.9 Å². The Morgan fingerprint density at radius 3 is 1.40 bits per heavy atom. The predicted molar refractivity (Wildman–Crippen MR) is 208 cm³/mol. The fraction of sp³-hybridized carbons (Fsp3) is 0.268. The Balaban J connectivity index is 0.00000627. The van der Waals surface area contributed by atoms with Crippen molar-refractivity contribution in [2.45, 2.75) is 51.6 Å². The van der Waals surface area contributed by atoms with Crippen LogP contribution in [0.1, 0.15) is 61.4 Å². The third kappa shape index (κ3) is 11.2. The number of hydrogen-bond acceptors (Lipinski definition) is 9. The molecule has 0 bridgehead atoms. The summed E-state index contributed by atoms with van der Waals surface area (Å²) in [6.45, 7) is 12.8. The molecule has 0 amide bonds. The van der Waals surface area contributed by atoms with Gasteiger partial charge in [0, 0.05) is 62.2 Å². The Morgan fingerprint density at radius 2 is 1.00 bits per heavy atom. The van der Waals surface area contributed by atoms with Crippen molar-refractivity contribution < 1.29 is 55.5 Å². The molecule has 0 N–H and O–H groups in total. The fourth-order valence-electron chi connectivity index (χ4n) is 6.58. The van der Waals surface area contributed by atoms with Crippen molar-refractivity contribution >= 4 is 38.5 Å². The summed E-state index contributed by atoms with van der Waals surface area (Å²) in [5.41, 5.74) is 8.33. The van der Waals surface area contributed by atoms with Gasteiger partial charge in [-0.05, 0) is 116 Å². The van der Waals surface area contributed by atoms with Crippen LogP contribution in [0.25, 0.3) is 0 Å². The maximum atomic E-state index is 11.6.